The van der Waals surface area contributed by atoms with Gasteiger partial charge in [-0.15, -0.1) is 0 Å². The summed E-state index contributed by atoms with van der Waals surface area (Å²) in [4.78, 5) is 0. The van der Waals surface area contributed by atoms with E-state index in [4.69, 9.17) is 0 Å². The second kappa shape index (κ2) is 4.58. The fraction of sp³-hybridized carbons (Fsp3) is 0.600. The molecule has 2 rings (SSSR count). The van der Waals surface area contributed by atoms with Crippen molar-refractivity contribution in [1.29, 1.82) is 0 Å². The average Bonchev–Trinajstić information content (AvgIpc) is 3.01. The molecule has 1 N–H and O–H groups in total. The summed E-state index contributed by atoms with van der Waals surface area (Å²) < 4.78 is 0. The maximum absolute atomic E-state index is 9.29. The van der Waals surface area contributed by atoms with Crippen LogP contribution >= 0.6 is 0 Å². The van der Waals surface area contributed by atoms with Crippen LogP contribution in [0.2, 0.25) is 0 Å². The molecule has 1 aromatic carbocycles. The molecule has 0 atom stereocenters. The highest BCUT2D eigenvalue weighted by atomic mass is 16.3. The molecule has 1 nitrogen and oxygen atoms in total. The molecule has 0 aliphatic heterocycles. The van der Waals surface area contributed by atoms with E-state index in [0.29, 0.717) is 6.61 Å². The maximum atomic E-state index is 9.29. The summed E-state index contributed by atoms with van der Waals surface area (Å²) in [6.45, 7) is 4.85. The van der Waals surface area contributed by atoms with E-state index >= 15 is 0 Å². The highest BCUT2D eigenvalue weighted by Crippen LogP contribution is 2.47. The quantitative estimate of drug-likeness (QED) is 0.804. The van der Waals surface area contributed by atoms with Gasteiger partial charge < -0.3 is 5.11 Å². The fourth-order valence-electron chi connectivity index (χ4n) is 2.27. The minimum absolute atomic E-state index is 0.236. The monoisotopic (exact) mass is 218 g/mol. The van der Waals surface area contributed by atoms with Gasteiger partial charge in [0.1, 0.15) is 0 Å². The van der Waals surface area contributed by atoms with Crippen molar-refractivity contribution in [2.75, 3.05) is 6.61 Å². The fourth-order valence-corrected chi connectivity index (χ4v) is 2.27. The van der Waals surface area contributed by atoms with Crippen LogP contribution in [0.15, 0.2) is 24.3 Å². The molecule has 1 aliphatic rings. The number of hydrogen-bond acceptors (Lipinski definition) is 1. The highest BCUT2D eigenvalue weighted by molar-refractivity contribution is 5.24. The average molecular weight is 218 g/mol. The molecule has 88 valence electrons. The van der Waals surface area contributed by atoms with E-state index in [-0.39, 0.29) is 5.41 Å². The van der Waals surface area contributed by atoms with Gasteiger partial charge in [-0.25, -0.2) is 0 Å². The van der Waals surface area contributed by atoms with Gasteiger partial charge in [0.15, 0.2) is 0 Å². The second-order valence-corrected chi connectivity index (χ2v) is 5.75. The zero-order valence-corrected chi connectivity index (χ0v) is 10.4. The van der Waals surface area contributed by atoms with E-state index < -0.39 is 0 Å². The van der Waals surface area contributed by atoms with Crippen molar-refractivity contribution in [1.82, 2.24) is 0 Å². The molecule has 0 heterocycles. The van der Waals surface area contributed by atoms with E-state index in [1.807, 2.05) is 0 Å². The molecule has 1 aliphatic carbocycles. The summed E-state index contributed by atoms with van der Waals surface area (Å²) in [5.74, 6) is 0.720. The summed E-state index contributed by atoms with van der Waals surface area (Å²) in [5.41, 5.74) is 3.03. The number of rotatable bonds is 5. The highest BCUT2D eigenvalue weighted by Gasteiger charge is 2.41. The van der Waals surface area contributed by atoms with Crippen LogP contribution in [0, 0.1) is 11.3 Å². The Bertz CT molecular complexity index is 333. The van der Waals surface area contributed by atoms with Gasteiger partial charge in [-0.2, -0.15) is 0 Å². The smallest absolute Gasteiger partial charge is 0.0490 e. The third-order valence-electron chi connectivity index (χ3n) is 3.54. The molecule has 1 aromatic rings. The molecule has 0 bridgehead atoms. The van der Waals surface area contributed by atoms with E-state index in [1.54, 1.807) is 0 Å². The third kappa shape index (κ3) is 2.85. The number of aliphatic hydroxyl groups is 1. The zero-order valence-electron chi connectivity index (χ0n) is 10.4. The summed E-state index contributed by atoms with van der Waals surface area (Å²) in [7, 11) is 0. The molecule has 0 unspecified atom stereocenters. The topological polar surface area (TPSA) is 20.2 Å². The van der Waals surface area contributed by atoms with Crippen LogP contribution in [0.1, 0.15) is 37.8 Å². The Morgan fingerprint density at radius 3 is 2.12 bits per heavy atom. The van der Waals surface area contributed by atoms with Crippen LogP contribution in [-0.4, -0.2) is 11.7 Å². The Hall–Kier alpha value is -0.820. The molecule has 16 heavy (non-hydrogen) atoms. The molecule has 1 saturated carbocycles. The Balaban J connectivity index is 1.97. The predicted molar refractivity (Wildman–Crippen MR) is 67.4 cm³/mol. The van der Waals surface area contributed by atoms with Gasteiger partial charge in [-0.05, 0) is 48.1 Å². The van der Waals surface area contributed by atoms with Gasteiger partial charge in [-0.1, -0.05) is 38.1 Å². The van der Waals surface area contributed by atoms with E-state index in [0.717, 1.165) is 18.8 Å². The maximum Gasteiger partial charge on any atom is 0.0490 e. The van der Waals surface area contributed by atoms with Gasteiger partial charge in [0.05, 0.1) is 0 Å². The lowest BCUT2D eigenvalue weighted by molar-refractivity contribution is 0.211. The molecule has 0 saturated heterocycles. The molecule has 0 aromatic heterocycles. The molecule has 0 spiro atoms. The minimum atomic E-state index is 0.236. The lowest BCUT2D eigenvalue weighted by Crippen LogP contribution is -2.10. The molecule has 1 heteroatoms. The number of benzene rings is 1. The minimum Gasteiger partial charge on any atom is -0.396 e. The van der Waals surface area contributed by atoms with Crippen LogP contribution in [0.3, 0.4) is 0 Å². The molecular formula is C15H22O. The second-order valence-electron chi connectivity index (χ2n) is 5.75. The van der Waals surface area contributed by atoms with Crippen LogP contribution < -0.4 is 0 Å². The first-order chi connectivity index (χ1) is 7.63. The molecular weight excluding hydrogens is 196 g/mol. The van der Waals surface area contributed by atoms with Gasteiger partial charge >= 0.3 is 0 Å². The standard InChI is InChI=1S/C15H22O/c1-12(2)9-13-3-5-14(6-4-13)10-15(11-16)7-8-15/h3-6,12,16H,7-11H2,1-2H3. The Labute approximate surface area is 98.5 Å². The number of aliphatic hydroxyl groups excluding tert-OH is 1. The lowest BCUT2D eigenvalue weighted by Gasteiger charge is -2.12. The van der Waals surface area contributed by atoms with Crippen LogP contribution in [0.5, 0.6) is 0 Å². The van der Waals surface area contributed by atoms with Crippen LogP contribution in [0.4, 0.5) is 0 Å². The van der Waals surface area contributed by atoms with Crippen LogP contribution in [-0.2, 0) is 12.8 Å². The summed E-state index contributed by atoms with van der Waals surface area (Å²) in [6.07, 6.45) is 4.59. The van der Waals surface area contributed by atoms with Crippen molar-refractivity contribution >= 4 is 0 Å². The van der Waals surface area contributed by atoms with Gasteiger partial charge in [0.25, 0.3) is 0 Å². The summed E-state index contributed by atoms with van der Waals surface area (Å²) in [5, 5.41) is 9.29. The largest absolute Gasteiger partial charge is 0.396 e. The van der Waals surface area contributed by atoms with E-state index in [9.17, 15) is 5.11 Å². The first-order valence-corrected chi connectivity index (χ1v) is 6.32. The Morgan fingerprint density at radius 1 is 1.12 bits per heavy atom. The Morgan fingerprint density at radius 2 is 1.69 bits per heavy atom. The van der Waals surface area contributed by atoms with Crippen molar-refractivity contribution in [3.05, 3.63) is 35.4 Å². The summed E-state index contributed by atoms with van der Waals surface area (Å²) >= 11 is 0. The first kappa shape index (κ1) is 11.7. The van der Waals surface area contributed by atoms with Crippen molar-refractivity contribution in [3.8, 4) is 0 Å². The van der Waals surface area contributed by atoms with Crippen LogP contribution in [0.25, 0.3) is 0 Å². The first-order valence-electron chi connectivity index (χ1n) is 6.32. The van der Waals surface area contributed by atoms with Crippen molar-refractivity contribution in [3.63, 3.8) is 0 Å². The van der Waals surface area contributed by atoms with Crippen molar-refractivity contribution in [2.24, 2.45) is 11.3 Å². The van der Waals surface area contributed by atoms with Gasteiger partial charge in [0, 0.05) is 6.61 Å². The molecule has 1 fully saturated rings. The van der Waals surface area contributed by atoms with Crippen molar-refractivity contribution in [2.45, 2.75) is 39.5 Å². The van der Waals surface area contributed by atoms with Gasteiger partial charge in [-0.3, -0.25) is 0 Å². The zero-order chi connectivity index (χ0) is 11.6. The van der Waals surface area contributed by atoms with Gasteiger partial charge in [0.2, 0.25) is 0 Å². The third-order valence-corrected chi connectivity index (χ3v) is 3.54. The SMILES string of the molecule is CC(C)Cc1ccc(CC2(CO)CC2)cc1. The van der Waals surface area contributed by atoms with E-state index in [1.165, 1.54) is 24.0 Å². The predicted octanol–water partition coefficient (Wildman–Crippen LogP) is 3.20. The van der Waals surface area contributed by atoms with Crippen molar-refractivity contribution < 1.29 is 5.11 Å². The number of hydrogen-bond donors (Lipinski definition) is 1. The molecule has 0 radical (unpaired) electrons. The van der Waals surface area contributed by atoms with E-state index in [2.05, 4.69) is 38.1 Å². The summed E-state index contributed by atoms with van der Waals surface area (Å²) in [6, 6.07) is 8.94. The molecule has 0 amide bonds. The lowest BCUT2D eigenvalue weighted by atomic mass is 9.95. The Kier molecular flexibility index (Phi) is 3.34. The normalized spacial score (nSPS) is 17.8.